The number of halogens is 1. The molecule has 0 radical (unpaired) electrons. The molecule has 1 rings (SSSR count). The standard InChI is InChI=1S/C10H9ClO3/c1-5-4-8(11)6(2)3-7(5)9(12)10(13)14/h3-4H,1-2H3,(H,13,14). The Kier molecular flexibility index (Phi) is 2.91. The molecular formula is C10H9ClO3. The monoisotopic (exact) mass is 212 g/mol. The predicted octanol–water partition coefficient (Wildman–Crippen LogP) is 2.22. The SMILES string of the molecule is Cc1cc(C(=O)C(=O)O)c(C)cc1Cl. The zero-order valence-corrected chi connectivity index (χ0v) is 8.55. The topological polar surface area (TPSA) is 54.4 Å². The Morgan fingerprint density at radius 1 is 1.21 bits per heavy atom. The van der Waals surface area contributed by atoms with Gasteiger partial charge in [0.1, 0.15) is 0 Å². The van der Waals surface area contributed by atoms with E-state index < -0.39 is 11.8 Å². The van der Waals surface area contributed by atoms with E-state index >= 15 is 0 Å². The van der Waals surface area contributed by atoms with Gasteiger partial charge in [0.15, 0.2) is 0 Å². The lowest BCUT2D eigenvalue weighted by Crippen LogP contribution is -2.14. The van der Waals surface area contributed by atoms with Crippen LogP contribution in [0.2, 0.25) is 5.02 Å². The van der Waals surface area contributed by atoms with E-state index in [2.05, 4.69) is 0 Å². The summed E-state index contributed by atoms with van der Waals surface area (Å²) in [5.74, 6) is -2.35. The average Bonchev–Trinajstić information content (AvgIpc) is 2.10. The molecule has 3 nitrogen and oxygen atoms in total. The van der Waals surface area contributed by atoms with Gasteiger partial charge in [-0.2, -0.15) is 0 Å². The van der Waals surface area contributed by atoms with Gasteiger partial charge in [-0.25, -0.2) is 4.79 Å². The normalized spacial score (nSPS) is 9.93. The van der Waals surface area contributed by atoms with Crippen LogP contribution in [0.3, 0.4) is 0 Å². The van der Waals surface area contributed by atoms with E-state index in [9.17, 15) is 9.59 Å². The molecule has 0 aliphatic carbocycles. The lowest BCUT2D eigenvalue weighted by molar-refractivity contribution is -0.131. The maximum absolute atomic E-state index is 11.2. The van der Waals surface area contributed by atoms with Gasteiger partial charge in [-0.05, 0) is 37.1 Å². The van der Waals surface area contributed by atoms with Crippen LogP contribution in [-0.4, -0.2) is 16.9 Å². The second-order valence-electron chi connectivity index (χ2n) is 3.05. The van der Waals surface area contributed by atoms with Crippen LogP contribution < -0.4 is 0 Å². The molecule has 1 aromatic carbocycles. The van der Waals surface area contributed by atoms with E-state index in [4.69, 9.17) is 16.7 Å². The van der Waals surface area contributed by atoms with Gasteiger partial charge in [-0.1, -0.05) is 11.6 Å². The first kappa shape index (κ1) is 10.7. The molecule has 0 aromatic heterocycles. The van der Waals surface area contributed by atoms with E-state index in [0.29, 0.717) is 16.1 Å². The molecule has 0 amide bonds. The van der Waals surface area contributed by atoms with Crippen molar-refractivity contribution in [3.8, 4) is 0 Å². The van der Waals surface area contributed by atoms with E-state index in [0.717, 1.165) is 0 Å². The zero-order valence-electron chi connectivity index (χ0n) is 7.80. The number of hydrogen-bond acceptors (Lipinski definition) is 2. The summed E-state index contributed by atoms with van der Waals surface area (Å²) in [5.41, 5.74) is 1.47. The van der Waals surface area contributed by atoms with Crippen LogP contribution >= 0.6 is 11.6 Å². The van der Waals surface area contributed by atoms with Crippen molar-refractivity contribution in [1.82, 2.24) is 0 Å². The molecule has 1 N–H and O–H groups in total. The number of Topliss-reactive ketones (excluding diaryl/α,β-unsaturated/α-hetero) is 1. The van der Waals surface area contributed by atoms with Crippen molar-refractivity contribution in [1.29, 1.82) is 0 Å². The minimum Gasteiger partial charge on any atom is -0.475 e. The number of aliphatic carboxylic acids is 1. The molecule has 4 heteroatoms. The summed E-state index contributed by atoms with van der Waals surface area (Å²) >= 11 is 5.81. The van der Waals surface area contributed by atoms with E-state index in [1.54, 1.807) is 19.9 Å². The number of rotatable bonds is 2. The molecule has 0 atom stereocenters. The first-order chi connectivity index (χ1) is 6.43. The molecule has 0 saturated carbocycles. The highest BCUT2D eigenvalue weighted by atomic mass is 35.5. The number of carboxylic acids is 1. The number of carbonyl (C=O) groups is 2. The van der Waals surface area contributed by atoms with Crippen LogP contribution in [0.4, 0.5) is 0 Å². The van der Waals surface area contributed by atoms with E-state index in [1.165, 1.54) is 6.07 Å². The molecule has 0 aliphatic heterocycles. The summed E-state index contributed by atoms with van der Waals surface area (Å²) in [6, 6.07) is 3.08. The minimum absolute atomic E-state index is 0.194. The minimum atomic E-state index is -1.45. The Morgan fingerprint density at radius 2 is 1.79 bits per heavy atom. The van der Waals surface area contributed by atoms with Crippen molar-refractivity contribution in [2.24, 2.45) is 0 Å². The summed E-state index contributed by atoms with van der Waals surface area (Å²) in [4.78, 5) is 21.7. The molecule has 0 unspecified atom stereocenters. The Hall–Kier alpha value is -1.35. The molecule has 0 heterocycles. The Balaban J connectivity index is 3.29. The van der Waals surface area contributed by atoms with Crippen LogP contribution in [-0.2, 0) is 4.79 Å². The molecular weight excluding hydrogens is 204 g/mol. The summed E-state index contributed by atoms with van der Waals surface area (Å²) in [6.07, 6.45) is 0. The molecule has 0 saturated heterocycles. The van der Waals surface area contributed by atoms with Gasteiger partial charge < -0.3 is 5.11 Å². The maximum Gasteiger partial charge on any atom is 0.377 e. The zero-order chi connectivity index (χ0) is 10.9. The quantitative estimate of drug-likeness (QED) is 0.604. The Bertz CT molecular complexity index is 410. The van der Waals surface area contributed by atoms with Crippen LogP contribution in [0.5, 0.6) is 0 Å². The number of carboxylic acid groups (broad SMARTS) is 1. The Morgan fingerprint density at radius 3 is 2.29 bits per heavy atom. The van der Waals surface area contributed by atoms with Crippen molar-refractivity contribution < 1.29 is 14.7 Å². The number of benzene rings is 1. The average molecular weight is 213 g/mol. The van der Waals surface area contributed by atoms with Crippen molar-refractivity contribution >= 4 is 23.4 Å². The molecule has 0 fully saturated rings. The summed E-state index contributed by atoms with van der Waals surface area (Å²) in [7, 11) is 0. The van der Waals surface area contributed by atoms with Gasteiger partial charge in [0.2, 0.25) is 0 Å². The van der Waals surface area contributed by atoms with Crippen molar-refractivity contribution in [3.05, 3.63) is 33.8 Å². The first-order valence-corrected chi connectivity index (χ1v) is 4.35. The summed E-state index contributed by atoms with van der Waals surface area (Å²) in [5, 5.41) is 9.07. The third-order valence-electron chi connectivity index (χ3n) is 1.94. The predicted molar refractivity (Wildman–Crippen MR) is 52.9 cm³/mol. The largest absolute Gasteiger partial charge is 0.475 e. The molecule has 14 heavy (non-hydrogen) atoms. The van der Waals surface area contributed by atoms with E-state index in [1.807, 2.05) is 0 Å². The second kappa shape index (κ2) is 3.80. The molecule has 74 valence electrons. The fourth-order valence-corrected chi connectivity index (χ4v) is 1.36. The third-order valence-corrected chi connectivity index (χ3v) is 2.35. The summed E-state index contributed by atoms with van der Waals surface area (Å²) < 4.78 is 0. The molecule has 0 aliphatic rings. The fraction of sp³-hybridized carbons (Fsp3) is 0.200. The van der Waals surface area contributed by atoms with Crippen molar-refractivity contribution in [2.75, 3.05) is 0 Å². The molecule has 1 aromatic rings. The highest BCUT2D eigenvalue weighted by molar-refractivity contribution is 6.40. The van der Waals surface area contributed by atoms with Crippen molar-refractivity contribution in [3.63, 3.8) is 0 Å². The van der Waals surface area contributed by atoms with Gasteiger partial charge >= 0.3 is 5.97 Å². The van der Waals surface area contributed by atoms with E-state index in [-0.39, 0.29) is 5.56 Å². The molecule has 0 bridgehead atoms. The number of carbonyl (C=O) groups excluding carboxylic acids is 1. The first-order valence-electron chi connectivity index (χ1n) is 3.98. The number of aryl methyl sites for hydroxylation is 2. The van der Waals surface area contributed by atoms with Gasteiger partial charge in [0, 0.05) is 10.6 Å². The van der Waals surface area contributed by atoms with Gasteiger partial charge in [0.25, 0.3) is 5.78 Å². The summed E-state index contributed by atoms with van der Waals surface area (Å²) in [6.45, 7) is 3.38. The van der Waals surface area contributed by atoms with Crippen LogP contribution in [0.1, 0.15) is 21.5 Å². The van der Waals surface area contributed by atoms with Crippen LogP contribution in [0.25, 0.3) is 0 Å². The number of hydrogen-bond donors (Lipinski definition) is 1. The Labute approximate surface area is 86.3 Å². The van der Waals surface area contributed by atoms with Crippen LogP contribution in [0, 0.1) is 13.8 Å². The molecule has 0 spiro atoms. The van der Waals surface area contributed by atoms with Gasteiger partial charge in [-0.15, -0.1) is 0 Å². The smallest absolute Gasteiger partial charge is 0.377 e. The number of ketones is 1. The van der Waals surface area contributed by atoms with Gasteiger partial charge in [0.05, 0.1) is 0 Å². The van der Waals surface area contributed by atoms with Crippen molar-refractivity contribution in [2.45, 2.75) is 13.8 Å². The lowest BCUT2D eigenvalue weighted by Gasteiger charge is -2.05. The highest BCUT2D eigenvalue weighted by Gasteiger charge is 2.17. The highest BCUT2D eigenvalue weighted by Crippen LogP contribution is 2.20. The van der Waals surface area contributed by atoms with Crippen LogP contribution in [0.15, 0.2) is 12.1 Å². The lowest BCUT2D eigenvalue weighted by atomic mass is 10.0. The van der Waals surface area contributed by atoms with Gasteiger partial charge in [-0.3, -0.25) is 4.79 Å². The third kappa shape index (κ3) is 1.93. The fourth-order valence-electron chi connectivity index (χ4n) is 1.14. The second-order valence-corrected chi connectivity index (χ2v) is 3.46. The maximum atomic E-state index is 11.2.